The van der Waals surface area contributed by atoms with E-state index in [0.29, 0.717) is 6.10 Å². The van der Waals surface area contributed by atoms with Crippen molar-refractivity contribution in [3.8, 4) is 0 Å². The highest BCUT2D eigenvalue weighted by molar-refractivity contribution is 6.31. The Morgan fingerprint density at radius 1 is 1.41 bits per heavy atom. The van der Waals surface area contributed by atoms with Crippen molar-refractivity contribution >= 4 is 11.6 Å². The van der Waals surface area contributed by atoms with Crippen LogP contribution in [-0.4, -0.2) is 19.8 Å². The predicted octanol–water partition coefficient (Wildman–Crippen LogP) is 3.56. The van der Waals surface area contributed by atoms with Gasteiger partial charge in [0, 0.05) is 17.7 Å². The summed E-state index contributed by atoms with van der Waals surface area (Å²) in [6, 6.07) is 8.32. The molecule has 1 saturated heterocycles. The molecule has 1 aliphatic heterocycles. The van der Waals surface area contributed by atoms with Crippen molar-refractivity contribution in [3.05, 3.63) is 34.9 Å². The van der Waals surface area contributed by atoms with Gasteiger partial charge >= 0.3 is 0 Å². The van der Waals surface area contributed by atoms with Crippen LogP contribution in [0.5, 0.6) is 0 Å². The first-order valence-electron chi connectivity index (χ1n) is 6.34. The molecule has 94 valence electrons. The van der Waals surface area contributed by atoms with Gasteiger partial charge in [0.25, 0.3) is 0 Å². The molecule has 2 rings (SSSR count). The highest BCUT2D eigenvalue weighted by Crippen LogP contribution is 2.28. The fraction of sp³-hybridized carbons (Fsp3) is 0.571. The van der Waals surface area contributed by atoms with Gasteiger partial charge in [0.15, 0.2) is 0 Å². The van der Waals surface area contributed by atoms with Crippen LogP contribution in [0.2, 0.25) is 5.02 Å². The lowest BCUT2D eigenvalue weighted by atomic mass is 9.97. The summed E-state index contributed by atoms with van der Waals surface area (Å²) >= 11 is 6.23. The molecule has 0 radical (unpaired) electrons. The predicted molar refractivity (Wildman–Crippen MR) is 71.5 cm³/mol. The summed E-state index contributed by atoms with van der Waals surface area (Å²) in [5.41, 5.74) is 1.17. The van der Waals surface area contributed by atoms with Gasteiger partial charge in [-0.1, -0.05) is 29.8 Å². The third-order valence-electron chi connectivity index (χ3n) is 3.40. The average molecular weight is 254 g/mol. The second-order valence-electron chi connectivity index (χ2n) is 4.59. The monoisotopic (exact) mass is 253 g/mol. The molecular weight excluding hydrogens is 234 g/mol. The molecule has 2 unspecified atom stereocenters. The molecule has 1 fully saturated rings. The zero-order chi connectivity index (χ0) is 12.1. The van der Waals surface area contributed by atoms with Crippen LogP contribution in [0.4, 0.5) is 0 Å². The fourth-order valence-electron chi connectivity index (χ4n) is 2.41. The number of nitrogens with one attached hydrogen (secondary N) is 1. The van der Waals surface area contributed by atoms with E-state index in [1.165, 1.54) is 24.8 Å². The molecule has 3 heteroatoms. The minimum atomic E-state index is 0.284. The van der Waals surface area contributed by atoms with Crippen molar-refractivity contribution in [2.24, 2.45) is 0 Å². The molecule has 2 nitrogen and oxygen atoms in total. The van der Waals surface area contributed by atoms with Gasteiger partial charge in [-0.05, 0) is 44.4 Å². The maximum Gasteiger partial charge on any atom is 0.0593 e. The van der Waals surface area contributed by atoms with Crippen molar-refractivity contribution in [3.63, 3.8) is 0 Å². The Hall–Kier alpha value is -0.570. The van der Waals surface area contributed by atoms with Gasteiger partial charge in [-0.15, -0.1) is 0 Å². The standard InChI is InChI=1S/C14H20ClNO/c1-16-14(10-11-6-4-5-9-17-11)12-7-2-3-8-13(12)15/h2-3,7-8,11,14,16H,4-6,9-10H2,1H3. The first-order chi connectivity index (χ1) is 8.31. The highest BCUT2D eigenvalue weighted by atomic mass is 35.5. The van der Waals surface area contributed by atoms with Gasteiger partial charge in [-0.3, -0.25) is 0 Å². The number of halogens is 1. The minimum Gasteiger partial charge on any atom is -0.378 e. The zero-order valence-corrected chi connectivity index (χ0v) is 11.0. The summed E-state index contributed by atoms with van der Waals surface area (Å²) in [4.78, 5) is 0. The lowest BCUT2D eigenvalue weighted by Gasteiger charge is -2.27. The topological polar surface area (TPSA) is 21.3 Å². The van der Waals surface area contributed by atoms with Crippen LogP contribution in [-0.2, 0) is 4.74 Å². The van der Waals surface area contributed by atoms with Crippen LogP contribution in [0.25, 0.3) is 0 Å². The van der Waals surface area contributed by atoms with Crippen LogP contribution >= 0.6 is 11.6 Å². The highest BCUT2D eigenvalue weighted by Gasteiger charge is 2.20. The van der Waals surface area contributed by atoms with E-state index in [-0.39, 0.29) is 6.04 Å². The minimum absolute atomic E-state index is 0.284. The molecule has 1 heterocycles. The lowest BCUT2D eigenvalue weighted by molar-refractivity contribution is 0.00549. The Kier molecular flexibility index (Phi) is 4.84. The maximum atomic E-state index is 6.23. The SMILES string of the molecule is CNC(CC1CCCCO1)c1ccccc1Cl. The van der Waals surface area contributed by atoms with Gasteiger partial charge in [0.1, 0.15) is 0 Å². The molecule has 1 N–H and O–H groups in total. The average Bonchev–Trinajstić information content (AvgIpc) is 2.38. The van der Waals surface area contributed by atoms with Crippen LogP contribution in [0.15, 0.2) is 24.3 Å². The normalized spacial score (nSPS) is 22.4. The molecule has 1 aliphatic rings. The summed E-state index contributed by atoms with van der Waals surface area (Å²) in [5.74, 6) is 0. The molecule has 0 aliphatic carbocycles. The summed E-state index contributed by atoms with van der Waals surface area (Å²) < 4.78 is 5.79. The summed E-state index contributed by atoms with van der Waals surface area (Å²) in [6.45, 7) is 0.906. The molecule has 0 bridgehead atoms. The number of rotatable bonds is 4. The Labute approximate surface area is 108 Å². The number of hydrogen-bond acceptors (Lipinski definition) is 2. The van der Waals surface area contributed by atoms with E-state index in [2.05, 4.69) is 11.4 Å². The Balaban J connectivity index is 2.03. The first kappa shape index (κ1) is 12.9. The summed E-state index contributed by atoms with van der Waals surface area (Å²) in [5, 5.41) is 4.18. The Bertz CT molecular complexity index is 350. The van der Waals surface area contributed by atoms with Crippen molar-refractivity contribution in [1.82, 2.24) is 5.32 Å². The van der Waals surface area contributed by atoms with Crippen molar-refractivity contribution in [2.75, 3.05) is 13.7 Å². The quantitative estimate of drug-likeness (QED) is 0.886. The van der Waals surface area contributed by atoms with E-state index < -0.39 is 0 Å². The second kappa shape index (κ2) is 6.39. The molecule has 1 aromatic carbocycles. The van der Waals surface area contributed by atoms with Gasteiger partial charge < -0.3 is 10.1 Å². The largest absolute Gasteiger partial charge is 0.378 e. The van der Waals surface area contributed by atoms with Gasteiger partial charge in [-0.2, -0.15) is 0 Å². The third-order valence-corrected chi connectivity index (χ3v) is 3.75. The van der Waals surface area contributed by atoms with Crippen molar-refractivity contribution in [2.45, 2.75) is 37.8 Å². The van der Waals surface area contributed by atoms with Gasteiger partial charge in [-0.25, -0.2) is 0 Å². The number of hydrogen-bond donors (Lipinski definition) is 1. The van der Waals surface area contributed by atoms with Crippen LogP contribution in [0.1, 0.15) is 37.3 Å². The van der Waals surface area contributed by atoms with E-state index in [4.69, 9.17) is 16.3 Å². The molecule has 0 amide bonds. The molecular formula is C14H20ClNO. The van der Waals surface area contributed by atoms with E-state index in [0.717, 1.165) is 18.1 Å². The van der Waals surface area contributed by atoms with Crippen molar-refractivity contribution < 1.29 is 4.74 Å². The molecule has 17 heavy (non-hydrogen) atoms. The molecule has 1 aromatic rings. The molecule has 0 aromatic heterocycles. The molecule has 0 spiro atoms. The summed E-state index contributed by atoms with van der Waals surface area (Å²) in [6.07, 6.45) is 5.02. The van der Waals surface area contributed by atoms with E-state index in [1.54, 1.807) is 0 Å². The lowest BCUT2D eigenvalue weighted by Crippen LogP contribution is -2.27. The second-order valence-corrected chi connectivity index (χ2v) is 4.99. The fourth-order valence-corrected chi connectivity index (χ4v) is 2.68. The Morgan fingerprint density at radius 2 is 2.24 bits per heavy atom. The molecule has 2 atom stereocenters. The third kappa shape index (κ3) is 3.44. The van der Waals surface area contributed by atoms with E-state index >= 15 is 0 Å². The smallest absolute Gasteiger partial charge is 0.0593 e. The van der Waals surface area contributed by atoms with Crippen LogP contribution in [0.3, 0.4) is 0 Å². The van der Waals surface area contributed by atoms with E-state index in [9.17, 15) is 0 Å². The zero-order valence-electron chi connectivity index (χ0n) is 10.3. The van der Waals surface area contributed by atoms with Gasteiger partial charge in [0.2, 0.25) is 0 Å². The number of benzene rings is 1. The Morgan fingerprint density at radius 3 is 2.88 bits per heavy atom. The molecule has 0 saturated carbocycles. The number of ether oxygens (including phenoxy) is 1. The van der Waals surface area contributed by atoms with Crippen LogP contribution in [0, 0.1) is 0 Å². The van der Waals surface area contributed by atoms with Crippen LogP contribution < -0.4 is 5.32 Å². The summed E-state index contributed by atoms with van der Waals surface area (Å²) in [7, 11) is 1.98. The van der Waals surface area contributed by atoms with E-state index in [1.807, 2.05) is 25.2 Å². The van der Waals surface area contributed by atoms with Crippen molar-refractivity contribution in [1.29, 1.82) is 0 Å². The first-order valence-corrected chi connectivity index (χ1v) is 6.72. The maximum absolute atomic E-state index is 6.23. The van der Waals surface area contributed by atoms with Gasteiger partial charge in [0.05, 0.1) is 6.10 Å².